The summed E-state index contributed by atoms with van der Waals surface area (Å²) in [5.41, 5.74) is 8.21. The van der Waals surface area contributed by atoms with E-state index in [2.05, 4.69) is 30.9 Å². The van der Waals surface area contributed by atoms with Crippen molar-refractivity contribution >= 4 is 30.6 Å². The highest BCUT2D eigenvalue weighted by molar-refractivity contribution is 5.85. The van der Waals surface area contributed by atoms with Crippen molar-refractivity contribution in [2.75, 3.05) is 18.8 Å². The average Bonchev–Trinajstić information content (AvgIpc) is 3.49. The molecule has 9 nitrogen and oxygen atoms in total. The van der Waals surface area contributed by atoms with Crippen molar-refractivity contribution in [1.29, 1.82) is 0 Å². The quantitative estimate of drug-likeness (QED) is 0.432. The Kier molecular flexibility index (Phi) is 7.80. The number of rotatable bonds is 4. The zero-order valence-electron chi connectivity index (χ0n) is 18.2. The van der Waals surface area contributed by atoms with E-state index in [0.717, 1.165) is 41.7 Å². The molecule has 0 atom stereocenters. The number of nitrogens with one attached hydrogen (secondary N) is 1. The second kappa shape index (κ2) is 10.4. The van der Waals surface area contributed by atoms with E-state index in [4.69, 9.17) is 5.73 Å². The van der Waals surface area contributed by atoms with Crippen molar-refractivity contribution in [2.24, 2.45) is 0 Å². The van der Waals surface area contributed by atoms with Crippen molar-refractivity contribution < 1.29 is 8.78 Å². The van der Waals surface area contributed by atoms with Crippen molar-refractivity contribution in [1.82, 2.24) is 40.3 Å². The van der Waals surface area contributed by atoms with Gasteiger partial charge in [0.2, 0.25) is 0 Å². The lowest BCUT2D eigenvalue weighted by atomic mass is 10.1. The molecule has 0 saturated carbocycles. The van der Waals surface area contributed by atoms with Gasteiger partial charge in [-0.2, -0.15) is 9.78 Å². The van der Waals surface area contributed by atoms with Crippen LogP contribution in [0.2, 0.25) is 0 Å². The molecule has 1 aromatic carbocycles. The van der Waals surface area contributed by atoms with Crippen molar-refractivity contribution in [3.8, 4) is 28.2 Å². The summed E-state index contributed by atoms with van der Waals surface area (Å²) in [6.07, 6.45) is 7.42. The molecule has 180 valence electrons. The first-order valence-electron chi connectivity index (χ1n) is 10.3. The summed E-state index contributed by atoms with van der Waals surface area (Å²) in [6.45, 7) is 3.41. The molecule has 4 aromatic rings. The molecule has 5 rings (SSSR count). The van der Waals surface area contributed by atoms with Crippen molar-refractivity contribution in [3.63, 3.8) is 0 Å². The Balaban J connectivity index is 0.00000162. The highest BCUT2D eigenvalue weighted by Crippen LogP contribution is 2.31. The monoisotopic (exact) mass is 509 g/mol. The van der Waals surface area contributed by atoms with Crippen molar-refractivity contribution in [2.45, 2.75) is 25.8 Å². The smallest absolute Gasteiger partial charge is 0.190 e. The van der Waals surface area contributed by atoms with Crippen LogP contribution in [0.3, 0.4) is 0 Å². The maximum Gasteiger partial charge on any atom is 0.190 e. The van der Waals surface area contributed by atoms with Crippen LogP contribution in [0.4, 0.5) is 14.6 Å². The number of nitrogens with two attached hydrogens (primary N) is 1. The first-order chi connectivity index (χ1) is 15.5. The summed E-state index contributed by atoms with van der Waals surface area (Å²) in [4.78, 5) is 4.28. The highest BCUT2D eigenvalue weighted by Gasteiger charge is 2.21. The third-order valence-corrected chi connectivity index (χ3v) is 5.73. The zero-order chi connectivity index (χ0) is 22.2. The zero-order valence-corrected chi connectivity index (χ0v) is 19.8. The van der Waals surface area contributed by atoms with Gasteiger partial charge in [-0.1, -0.05) is 6.07 Å². The Hall–Kier alpha value is -3.15. The summed E-state index contributed by atoms with van der Waals surface area (Å²) in [5.74, 6) is -1.66. The molecule has 1 aliphatic rings. The number of halogens is 4. The fourth-order valence-corrected chi connectivity index (χ4v) is 3.89. The van der Waals surface area contributed by atoms with Crippen molar-refractivity contribution in [3.05, 3.63) is 54.0 Å². The van der Waals surface area contributed by atoms with Crippen LogP contribution in [0.5, 0.6) is 0 Å². The van der Waals surface area contributed by atoms with Gasteiger partial charge in [0.15, 0.2) is 17.5 Å². The number of aromatic nitrogens is 7. The maximum absolute atomic E-state index is 14.6. The third-order valence-electron chi connectivity index (χ3n) is 5.73. The van der Waals surface area contributed by atoms with Crippen LogP contribution < -0.4 is 11.1 Å². The molecule has 4 heterocycles. The number of piperidine rings is 1. The number of pyridine rings is 1. The van der Waals surface area contributed by atoms with Gasteiger partial charge in [-0.3, -0.25) is 4.68 Å². The number of anilines is 1. The van der Waals surface area contributed by atoms with Gasteiger partial charge in [-0.25, -0.2) is 13.8 Å². The Morgan fingerprint density at radius 1 is 1.06 bits per heavy atom. The molecule has 34 heavy (non-hydrogen) atoms. The van der Waals surface area contributed by atoms with Crippen LogP contribution in [-0.4, -0.2) is 48.1 Å². The van der Waals surface area contributed by atoms with E-state index in [-0.39, 0.29) is 47.7 Å². The lowest BCUT2D eigenvalue weighted by molar-refractivity contribution is 0.343. The minimum atomic E-state index is -1.04. The van der Waals surface area contributed by atoms with Gasteiger partial charge in [0.25, 0.3) is 0 Å². The van der Waals surface area contributed by atoms with E-state index >= 15 is 0 Å². The summed E-state index contributed by atoms with van der Waals surface area (Å²) in [5, 5.41) is 19.4. The molecule has 1 aliphatic heterocycles. The lowest BCUT2D eigenvalue weighted by Crippen LogP contribution is -2.29. The van der Waals surface area contributed by atoms with E-state index in [0.29, 0.717) is 11.6 Å². The molecule has 0 radical (unpaired) electrons. The molecule has 0 aliphatic carbocycles. The van der Waals surface area contributed by atoms with Crippen LogP contribution >= 0.6 is 24.8 Å². The first-order valence-corrected chi connectivity index (χ1v) is 10.3. The Morgan fingerprint density at radius 3 is 2.59 bits per heavy atom. The van der Waals surface area contributed by atoms with E-state index in [9.17, 15) is 8.78 Å². The minimum absolute atomic E-state index is 0. The molecular weight excluding hydrogens is 487 g/mol. The number of benzene rings is 1. The van der Waals surface area contributed by atoms with E-state index in [1.165, 1.54) is 19.1 Å². The fraction of sp³-hybridized carbons (Fsp3) is 0.286. The lowest BCUT2D eigenvalue weighted by Gasteiger charge is -2.22. The summed E-state index contributed by atoms with van der Waals surface area (Å²) >= 11 is 0. The van der Waals surface area contributed by atoms with Crippen LogP contribution in [0.25, 0.3) is 28.2 Å². The number of nitrogens with zero attached hydrogens (tertiary/aromatic N) is 7. The number of hydrogen-bond donors (Lipinski definition) is 2. The number of nitrogen functional groups attached to an aromatic ring is 1. The van der Waals surface area contributed by atoms with Crippen LogP contribution in [-0.2, 0) is 0 Å². The molecule has 3 N–H and O–H groups in total. The first kappa shape index (κ1) is 25.5. The van der Waals surface area contributed by atoms with Gasteiger partial charge >= 0.3 is 0 Å². The molecule has 13 heteroatoms. The van der Waals surface area contributed by atoms with Gasteiger partial charge in [0, 0.05) is 23.5 Å². The summed E-state index contributed by atoms with van der Waals surface area (Å²) in [7, 11) is 0. The predicted molar refractivity (Wildman–Crippen MR) is 128 cm³/mol. The van der Waals surface area contributed by atoms with Gasteiger partial charge in [-0.15, -0.1) is 29.9 Å². The van der Waals surface area contributed by atoms with Gasteiger partial charge in [-0.05, 0) is 61.0 Å². The molecule has 0 spiro atoms. The van der Waals surface area contributed by atoms with E-state index in [1.54, 1.807) is 18.5 Å². The molecular formula is C21H23Cl2F2N9. The number of hydrogen-bond acceptors (Lipinski definition) is 7. The SMILES string of the molecule is Cc1ccc(-n2nnnc2-c2cc(-c3cnn(C4CCNCC4)c3)cnc2N)c(F)c1F.Cl.Cl. The minimum Gasteiger partial charge on any atom is -0.383 e. The second-order valence-corrected chi connectivity index (χ2v) is 7.79. The molecule has 1 fully saturated rings. The molecule has 1 saturated heterocycles. The molecule has 0 amide bonds. The third kappa shape index (κ3) is 4.59. The summed E-state index contributed by atoms with van der Waals surface area (Å²) < 4.78 is 31.8. The largest absolute Gasteiger partial charge is 0.383 e. The van der Waals surface area contributed by atoms with Crippen LogP contribution in [0.1, 0.15) is 24.4 Å². The predicted octanol–water partition coefficient (Wildman–Crippen LogP) is 3.52. The maximum atomic E-state index is 14.6. The molecule has 0 unspecified atom stereocenters. The standard InChI is InChI=1S/C21H21F2N9.2ClH/c1-12-2-3-17(19(23)18(12)22)32-21(28-29-30-32)16-8-13(9-26-20(16)24)14-10-27-31(11-14)15-4-6-25-7-5-15;;/h2-3,8-11,15,25H,4-7H2,1H3,(H2,24,26);2*1H. The van der Waals surface area contributed by atoms with Gasteiger partial charge in [0.1, 0.15) is 11.5 Å². The van der Waals surface area contributed by atoms with Gasteiger partial charge in [0.05, 0.1) is 17.8 Å². The Morgan fingerprint density at radius 2 is 1.82 bits per heavy atom. The fourth-order valence-electron chi connectivity index (χ4n) is 3.89. The number of aryl methyl sites for hydroxylation is 1. The molecule has 0 bridgehead atoms. The normalized spacial score (nSPS) is 13.9. The second-order valence-electron chi connectivity index (χ2n) is 7.79. The highest BCUT2D eigenvalue weighted by atomic mass is 35.5. The Labute approximate surface area is 206 Å². The van der Waals surface area contributed by atoms with Crippen LogP contribution in [0.15, 0.2) is 36.8 Å². The van der Waals surface area contributed by atoms with E-state index in [1.807, 2.05) is 10.9 Å². The Bertz CT molecular complexity index is 1290. The molecule has 3 aromatic heterocycles. The topological polar surface area (TPSA) is 112 Å². The summed E-state index contributed by atoms with van der Waals surface area (Å²) in [6, 6.07) is 5.01. The van der Waals surface area contributed by atoms with Gasteiger partial charge < -0.3 is 11.1 Å². The van der Waals surface area contributed by atoms with E-state index < -0.39 is 11.6 Å². The average molecular weight is 510 g/mol. The van der Waals surface area contributed by atoms with Crippen LogP contribution in [0, 0.1) is 18.6 Å². The number of tetrazole rings is 1.